The summed E-state index contributed by atoms with van der Waals surface area (Å²) in [5.41, 5.74) is 5.19. The van der Waals surface area contributed by atoms with E-state index < -0.39 is 29.9 Å². The summed E-state index contributed by atoms with van der Waals surface area (Å²) < 4.78 is 53.6. The number of carbonyl (C=O) groups excluding carboxylic acids is 1. The summed E-state index contributed by atoms with van der Waals surface area (Å²) in [7, 11) is 0. The van der Waals surface area contributed by atoms with Gasteiger partial charge in [0.05, 0.1) is 18.6 Å². The number of aliphatic hydroxyl groups excluding tert-OH is 1. The number of β-amino-alcohol motifs (C(OH)–C–C–N with tert-alkyl or cyclic N) is 1. The topological polar surface area (TPSA) is 116 Å². The first-order valence-corrected chi connectivity index (χ1v) is 11.3. The number of nitrogens with one attached hydrogen (secondary N) is 2. The van der Waals surface area contributed by atoms with E-state index in [-0.39, 0.29) is 55.4 Å². The molecule has 0 unspecified atom stereocenters. The number of amides is 1. The predicted octanol–water partition coefficient (Wildman–Crippen LogP) is 2.36. The number of aliphatic hydroxyl groups is 1. The van der Waals surface area contributed by atoms with E-state index in [1.165, 1.54) is 6.33 Å². The van der Waals surface area contributed by atoms with E-state index in [4.69, 9.17) is 5.73 Å². The number of carbonyl (C=O) groups is 1. The largest absolute Gasteiger partial charge is 0.391 e. The zero-order valence-electron chi connectivity index (χ0n) is 18.6. The molecule has 1 saturated heterocycles. The van der Waals surface area contributed by atoms with Gasteiger partial charge >= 0.3 is 6.18 Å². The van der Waals surface area contributed by atoms with Crippen molar-refractivity contribution >= 4 is 17.5 Å². The number of anilines is 2. The molecule has 186 valence electrons. The Hall–Kier alpha value is -2.21. The van der Waals surface area contributed by atoms with Crippen LogP contribution in [0.5, 0.6) is 0 Å². The van der Waals surface area contributed by atoms with Crippen LogP contribution in [0.4, 0.5) is 29.2 Å². The maximum Gasteiger partial charge on any atom is 0.391 e. The van der Waals surface area contributed by atoms with Crippen molar-refractivity contribution in [3.05, 3.63) is 12.1 Å². The number of nitrogens with two attached hydrogens (primary N) is 1. The normalized spacial score (nSPS) is 27.7. The minimum atomic E-state index is -4.16. The fourth-order valence-electron chi connectivity index (χ4n) is 4.75. The first-order chi connectivity index (χ1) is 15.5. The Morgan fingerprint density at radius 1 is 1.24 bits per heavy atom. The monoisotopic (exact) mass is 476 g/mol. The van der Waals surface area contributed by atoms with Crippen LogP contribution in [-0.4, -0.2) is 70.4 Å². The van der Waals surface area contributed by atoms with Crippen LogP contribution in [0.1, 0.15) is 39.0 Å². The summed E-state index contributed by atoms with van der Waals surface area (Å²) in [6.07, 6.45) is -2.03. The number of hydrogen-bond acceptors (Lipinski definition) is 7. The van der Waals surface area contributed by atoms with E-state index in [2.05, 4.69) is 20.6 Å². The smallest absolute Gasteiger partial charge is 0.391 e. The summed E-state index contributed by atoms with van der Waals surface area (Å²) in [5, 5.41) is 16.3. The summed E-state index contributed by atoms with van der Waals surface area (Å²) in [4.78, 5) is 20.7. The molecule has 1 aliphatic carbocycles. The van der Waals surface area contributed by atoms with Crippen molar-refractivity contribution in [1.82, 2.24) is 14.9 Å². The van der Waals surface area contributed by atoms with Gasteiger partial charge < -0.3 is 21.5 Å². The van der Waals surface area contributed by atoms with E-state index in [0.717, 1.165) is 0 Å². The van der Waals surface area contributed by atoms with Crippen LogP contribution in [0.3, 0.4) is 0 Å². The van der Waals surface area contributed by atoms with Gasteiger partial charge in [-0.25, -0.2) is 9.97 Å². The molecule has 2 aliphatic rings. The summed E-state index contributed by atoms with van der Waals surface area (Å²) in [6, 6.07) is -0.243. The molecule has 0 aromatic carbocycles. The van der Waals surface area contributed by atoms with Crippen molar-refractivity contribution in [2.24, 2.45) is 23.5 Å². The van der Waals surface area contributed by atoms with Gasteiger partial charge in [0.25, 0.3) is 0 Å². The highest BCUT2D eigenvalue weighted by atomic mass is 19.4. The Bertz CT molecular complexity index is 803. The molecule has 0 spiro atoms. The number of rotatable bonds is 8. The number of aromatic nitrogens is 2. The van der Waals surface area contributed by atoms with Gasteiger partial charge in [-0.05, 0) is 51.5 Å². The summed E-state index contributed by atoms with van der Waals surface area (Å²) in [5.74, 6) is -2.55. The van der Waals surface area contributed by atoms with Gasteiger partial charge in [-0.2, -0.15) is 17.6 Å². The third-order valence-electron chi connectivity index (χ3n) is 6.81. The predicted molar refractivity (Wildman–Crippen MR) is 115 cm³/mol. The summed E-state index contributed by atoms with van der Waals surface area (Å²) in [6.45, 7) is 3.10. The molecule has 0 bridgehead atoms. The zero-order valence-corrected chi connectivity index (χ0v) is 18.6. The maximum absolute atomic E-state index is 15.0. The molecule has 1 aromatic rings. The second kappa shape index (κ2) is 10.8. The number of likely N-dealkylation sites (tertiary alicyclic amines) is 1. The lowest BCUT2D eigenvalue weighted by molar-refractivity contribution is -0.184. The molecule has 3 rings (SSSR count). The van der Waals surface area contributed by atoms with Crippen molar-refractivity contribution < 1.29 is 27.5 Å². The van der Waals surface area contributed by atoms with Crippen molar-refractivity contribution in [3.8, 4) is 0 Å². The lowest BCUT2D eigenvalue weighted by Crippen LogP contribution is -2.48. The third-order valence-corrected chi connectivity index (χ3v) is 6.81. The number of hydrogen-bond donors (Lipinski definition) is 4. The fourth-order valence-corrected chi connectivity index (χ4v) is 4.75. The van der Waals surface area contributed by atoms with Crippen LogP contribution in [0.25, 0.3) is 0 Å². The highest BCUT2D eigenvalue weighted by Crippen LogP contribution is 2.40. The van der Waals surface area contributed by atoms with E-state index in [9.17, 15) is 27.5 Å². The lowest BCUT2D eigenvalue weighted by Gasteiger charge is -2.35. The third kappa shape index (κ3) is 6.89. The highest BCUT2D eigenvalue weighted by molar-refractivity contribution is 5.75. The van der Waals surface area contributed by atoms with Crippen molar-refractivity contribution in [3.63, 3.8) is 0 Å². The quantitative estimate of drug-likeness (QED) is 0.426. The molecule has 5 N–H and O–H groups in total. The molecule has 8 nitrogen and oxygen atoms in total. The van der Waals surface area contributed by atoms with Crippen molar-refractivity contribution in [2.45, 2.75) is 57.3 Å². The first kappa shape index (κ1) is 25.4. The molecule has 12 heteroatoms. The van der Waals surface area contributed by atoms with Gasteiger partial charge in [-0.15, -0.1) is 0 Å². The molecular formula is C21H32F4N6O2. The maximum atomic E-state index is 15.0. The average molecular weight is 477 g/mol. The van der Waals surface area contributed by atoms with Gasteiger partial charge in [-0.1, -0.05) is 0 Å². The molecule has 2 fully saturated rings. The molecule has 3 atom stereocenters. The lowest BCUT2D eigenvalue weighted by atomic mass is 9.78. The molecular weight excluding hydrogens is 444 g/mol. The van der Waals surface area contributed by atoms with Crippen LogP contribution < -0.4 is 16.4 Å². The van der Waals surface area contributed by atoms with Crippen LogP contribution in [-0.2, 0) is 4.79 Å². The average Bonchev–Trinajstić information content (AvgIpc) is 2.74. The van der Waals surface area contributed by atoms with E-state index in [1.54, 1.807) is 4.90 Å². The molecule has 0 radical (unpaired) electrons. The molecule has 1 aromatic heterocycles. The second-order valence-electron chi connectivity index (χ2n) is 9.17. The number of primary amides is 1. The molecule has 1 saturated carbocycles. The number of piperidine rings is 1. The van der Waals surface area contributed by atoms with Crippen molar-refractivity contribution in [1.29, 1.82) is 0 Å². The fraction of sp³-hybridized carbons (Fsp3) is 0.762. The SMILES string of the molecule is C[C@@H](Nc1ncnc(NC[C@H]2CCN(CC(N)=O)C[C@@H]2O)c1F)C1CCC(C(F)(F)F)CC1. The Labute approximate surface area is 190 Å². The van der Waals surface area contributed by atoms with Gasteiger partial charge in [0.15, 0.2) is 11.6 Å². The molecule has 1 aliphatic heterocycles. The first-order valence-electron chi connectivity index (χ1n) is 11.3. The Balaban J connectivity index is 1.52. The van der Waals surface area contributed by atoms with Crippen molar-refractivity contribution in [2.75, 3.05) is 36.8 Å². The molecule has 2 heterocycles. The zero-order chi connectivity index (χ0) is 24.2. The Morgan fingerprint density at radius 3 is 2.52 bits per heavy atom. The second-order valence-corrected chi connectivity index (χ2v) is 9.17. The Kier molecular flexibility index (Phi) is 8.33. The molecule has 1 amide bonds. The summed E-state index contributed by atoms with van der Waals surface area (Å²) >= 11 is 0. The van der Waals surface area contributed by atoms with Gasteiger partial charge in [0, 0.05) is 25.0 Å². The van der Waals surface area contributed by atoms with E-state index in [1.807, 2.05) is 6.92 Å². The number of halogens is 4. The van der Waals surface area contributed by atoms with E-state index in [0.29, 0.717) is 32.4 Å². The van der Waals surface area contributed by atoms with Crippen LogP contribution in [0, 0.1) is 23.6 Å². The minimum absolute atomic E-state index is 0.00453. The molecule has 33 heavy (non-hydrogen) atoms. The standard InChI is InChI=1S/C21H32F4N6O2/c1-12(13-2-4-15(5-3-13)21(23,24)25)30-20-18(22)19(28-11-29-20)27-8-14-6-7-31(9-16(14)32)10-17(26)33/h11-16,32H,2-10H2,1H3,(H2,26,33)(H2,27,28,29,30)/t12-,13?,14-,15?,16+/m1/s1. The van der Waals surface area contributed by atoms with Gasteiger partial charge in [0.2, 0.25) is 11.7 Å². The highest BCUT2D eigenvalue weighted by Gasteiger charge is 2.42. The Morgan fingerprint density at radius 2 is 1.91 bits per heavy atom. The van der Waals surface area contributed by atoms with Crippen LogP contribution in [0.2, 0.25) is 0 Å². The minimum Gasteiger partial charge on any atom is -0.391 e. The number of nitrogens with zero attached hydrogens (tertiary/aromatic N) is 3. The van der Waals surface area contributed by atoms with Gasteiger partial charge in [-0.3, -0.25) is 9.69 Å². The van der Waals surface area contributed by atoms with Crippen LogP contribution in [0.15, 0.2) is 6.33 Å². The van der Waals surface area contributed by atoms with Crippen LogP contribution >= 0.6 is 0 Å². The van der Waals surface area contributed by atoms with E-state index >= 15 is 0 Å². The van der Waals surface area contributed by atoms with Gasteiger partial charge in [0.1, 0.15) is 6.33 Å². The number of alkyl halides is 3.